The van der Waals surface area contributed by atoms with Crippen LogP contribution in [0.1, 0.15) is 24.6 Å². The molecule has 0 aromatic carbocycles. The van der Waals surface area contributed by atoms with Crippen molar-refractivity contribution in [1.82, 2.24) is 9.88 Å². The fourth-order valence-electron chi connectivity index (χ4n) is 1.77. The fourth-order valence-corrected chi connectivity index (χ4v) is 2.42. The number of rotatable bonds is 6. The van der Waals surface area contributed by atoms with Crippen LogP contribution >= 0.6 is 23.2 Å². The number of halogens is 2. The minimum absolute atomic E-state index is 0.213. The van der Waals surface area contributed by atoms with Gasteiger partial charge in [0.15, 0.2) is 0 Å². The van der Waals surface area contributed by atoms with E-state index in [0.717, 1.165) is 24.2 Å². The number of nitrogens with zero attached hydrogens (tertiary/aromatic N) is 2. The molecule has 1 aromatic heterocycles. The van der Waals surface area contributed by atoms with Crippen molar-refractivity contribution < 1.29 is 9.53 Å². The third-order valence-corrected chi connectivity index (χ3v) is 3.30. The lowest BCUT2D eigenvalue weighted by Gasteiger charge is -2.21. The molecule has 0 saturated heterocycles. The summed E-state index contributed by atoms with van der Waals surface area (Å²) in [5.74, 6) is -0.277. The van der Waals surface area contributed by atoms with Gasteiger partial charge in [0.25, 0.3) is 0 Å². The van der Waals surface area contributed by atoms with Gasteiger partial charge in [-0.25, -0.2) is 4.98 Å². The second-order valence-corrected chi connectivity index (χ2v) is 5.07. The molecule has 106 valence electrons. The standard InChI is InChI=1S/C13H18Cl2N2O2/c1-4-5-17(8-12(18)19-3)7-10-11(14)6-9(2)16-13(10)15/h6H,4-5,7-8H2,1-3H3. The van der Waals surface area contributed by atoms with E-state index >= 15 is 0 Å². The van der Waals surface area contributed by atoms with Gasteiger partial charge in [-0.15, -0.1) is 0 Å². The number of aromatic nitrogens is 1. The first-order chi connectivity index (χ1) is 8.97. The van der Waals surface area contributed by atoms with Crippen LogP contribution in [0.4, 0.5) is 0 Å². The summed E-state index contributed by atoms with van der Waals surface area (Å²) in [6.45, 7) is 5.33. The monoisotopic (exact) mass is 304 g/mol. The van der Waals surface area contributed by atoms with E-state index in [-0.39, 0.29) is 12.5 Å². The summed E-state index contributed by atoms with van der Waals surface area (Å²) in [5.41, 5.74) is 1.51. The second kappa shape index (κ2) is 7.68. The van der Waals surface area contributed by atoms with Gasteiger partial charge in [0.1, 0.15) is 5.15 Å². The van der Waals surface area contributed by atoms with Crippen LogP contribution in [0.5, 0.6) is 0 Å². The van der Waals surface area contributed by atoms with E-state index in [1.807, 2.05) is 18.7 Å². The Kier molecular flexibility index (Phi) is 6.55. The summed E-state index contributed by atoms with van der Waals surface area (Å²) < 4.78 is 4.68. The number of pyridine rings is 1. The molecule has 0 aliphatic rings. The zero-order valence-corrected chi connectivity index (χ0v) is 12.9. The van der Waals surface area contributed by atoms with Crippen molar-refractivity contribution in [3.8, 4) is 0 Å². The highest BCUT2D eigenvalue weighted by atomic mass is 35.5. The Hall–Kier alpha value is -0.840. The molecule has 0 spiro atoms. The van der Waals surface area contributed by atoms with Crippen molar-refractivity contribution in [3.63, 3.8) is 0 Å². The number of carbonyl (C=O) groups excluding carboxylic acids is 1. The van der Waals surface area contributed by atoms with Crippen molar-refractivity contribution >= 4 is 29.2 Å². The molecule has 0 saturated carbocycles. The Balaban J connectivity index is 2.87. The normalized spacial score (nSPS) is 10.8. The van der Waals surface area contributed by atoms with E-state index in [0.29, 0.717) is 16.7 Å². The van der Waals surface area contributed by atoms with Gasteiger partial charge < -0.3 is 4.74 Å². The molecule has 0 N–H and O–H groups in total. The molecule has 1 heterocycles. The maximum absolute atomic E-state index is 11.4. The Bertz CT molecular complexity index is 429. The van der Waals surface area contributed by atoms with E-state index in [4.69, 9.17) is 23.2 Å². The van der Waals surface area contributed by atoms with E-state index in [9.17, 15) is 4.79 Å². The average Bonchev–Trinajstić information content (AvgIpc) is 2.33. The van der Waals surface area contributed by atoms with Crippen molar-refractivity contribution in [3.05, 3.63) is 27.5 Å². The molecular formula is C13H18Cl2N2O2. The van der Waals surface area contributed by atoms with Gasteiger partial charge in [0.05, 0.1) is 13.7 Å². The van der Waals surface area contributed by atoms with Crippen LogP contribution in [0.15, 0.2) is 6.07 Å². The zero-order valence-electron chi connectivity index (χ0n) is 11.4. The second-order valence-electron chi connectivity index (χ2n) is 4.30. The summed E-state index contributed by atoms with van der Waals surface area (Å²) in [6, 6.07) is 1.77. The van der Waals surface area contributed by atoms with E-state index in [1.165, 1.54) is 7.11 Å². The van der Waals surface area contributed by atoms with E-state index in [1.54, 1.807) is 6.07 Å². The Morgan fingerprint density at radius 3 is 2.68 bits per heavy atom. The van der Waals surface area contributed by atoms with Gasteiger partial charge in [0, 0.05) is 22.8 Å². The highest BCUT2D eigenvalue weighted by Crippen LogP contribution is 2.25. The first-order valence-electron chi connectivity index (χ1n) is 6.08. The fraction of sp³-hybridized carbons (Fsp3) is 0.538. The molecule has 4 nitrogen and oxygen atoms in total. The van der Waals surface area contributed by atoms with Crippen LogP contribution in [0.3, 0.4) is 0 Å². The minimum Gasteiger partial charge on any atom is -0.468 e. The average molecular weight is 305 g/mol. The molecule has 0 fully saturated rings. The van der Waals surface area contributed by atoms with Gasteiger partial charge in [0.2, 0.25) is 0 Å². The third-order valence-electron chi connectivity index (χ3n) is 2.65. The van der Waals surface area contributed by atoms with Gasteiger partial charge in [-0.1, -0.05) is 30.1 Å². The summed E-state index contributed by atoms with van der Waals surface area (Å²) in [6.07, 6.45) is 0.922. The quantitative estimate of drug-likeness (QED) is 0.598. The van der Waals surface area contributed by atoms with Crippen LogP contribution in [0.2, 0.25) is 10.2 Å². The predicted octanol–water partition coefficient (Wildman–Crippen LogP) is 3.08. The zero-order chi connectivity index (χ0) is 14.4. The van der Waals surface area contributed by atoms with Crippen LogP contribution in [-0.2, 0) is 16.1 Å². The van der Waals surface area contributed by atoms with Gasteiger partial charge in [-0.3, -0.25) is 9.69 Å². The molecule has 0 aliphatic carbocycles. The molecule has 0 amide bonds. The number of hydrogen-bond acceptors (Lipinski definition) is 4. The van der Waals surface area contributed by atoms with E-state index in [2.05, 4.69) is 9.72 Å². The van der Waals surface area contributed by atoms with Crippen molar-refractivity contribution in [2.24, 2.45) is 0 Å². The first-order valence-corrected chi connectivity index (χ1v) is 6.84. The van der Waals surface area contributed by atoms with Gasteiger partial charge in [-0.05, 0) is 26.0 Å². The number of ether oxygens (including phenoxy) is 1. The lowest BCUT2D eigenvalue weighted by atomic mass is 10.2. The predicted molar refractivity (Wildman–Crippen MR) is 76.6 cm³/mol. The van der Waals surface area contributed by atoms with Crippen molar-refractivity contribution in [2.75, 3.05) is 20.2 Å². The molecule has 1 rings (SSSR count). The molecule has 0 radical (unpaired) electrons. The third kappa shape index (κ3) is 4.97. The summed E-state index contributed by atoms with van der Waals surface area (Å²) in [7, 11) is 1.37. The minimum atomic E-state index is -0.277. The summed E-state index contributed by atoms with van der Waals surface area (Å²) in [5, 5.41) is 0.958. The maximum Gasteiger partial charge on any atom is 0.319 e. The largest absolute Gasteiger partial charge is 0.468 e. The molecule has 19 heavy (non-hydrogen) atoms. The molecule has 0 atom stereocenters. The first kappa shape index (κ1) is 16.2. The Morgan fingerprint density at radius 1 is 1.47 bits per heavy atom. The smallest absolute Gasteiger partial charge is 0.319 e. The highest BCUT2D eigenvalue weighted by molar-refractivity contribution is 6.35. The number of hydrogen-bond donors (Lipinski definition) is 0. The van der Waals surface area contributed by atoms with Crippen molar-refractivity contribution in [2.45, 2.75) is 26.8 Å². The van der Waals surface area contributed by atoms with Crippen molar-refractivity contribution in [1.29, 1.82) is 0 Å². The number of carbonyl (C=O) groups is 1. The van der Waals surface area contributed by atoms with Crippen LogP contribution in [0, 0.1) is 6.92 Å². The Labute approximate surface area is 123 Å². The van der Waals surface area contributed by atoms with E-state index < -0.39 is 0 Å². The molecule has 0 unspecified atom stereocenters. The summed E-state index contributed by atoms with van der Waals surface area (Å²) >= 11 is 12.3. The molecule has 6 heteroatoms. The lowest BCUT2D eigenvalue weighted by Crippen LogP contribution is -2.31. The Morgan fingerprint density at radius 2 is 2.16 bits per heavy atom. The molecule has 1 aromatic rings. The number of methoxy groups -OCH3 is 1. The number of aryl methyl sites for hydroxylation is 1. The lowest BCUT2D eigenvalue weighted by molar-refractivity contribution is -0.142. The van der Waals surface area contributed by atoms with Gasteiger partial charge >= 0.3 is 5.97 Å². The highest BCUT2D eigenvalue weighted by Gasteiger charge is 2.15. The molecule has 0 bridgehead atoms. The van der Waals surface area contributed by atoms with Gasteiger partial charge in [-0.2, -0.15) is 0 Å². The molecule has 0 aliphatic heterocycles. The topological polar surface area (TPSA) is 42.4 Å². The summed E-state index contributed by atoms with van der Waals surface area (Å²) in [4.78, 5) is 17.5. The maximum atomic E-state index is 11.4. The number of esters is 1. The SMILES string of the molecule is CCCN(CC(=O)OC)Cc1c(Cl)cc(C)nc1Cl. The molecular weight excluding hydrogens is 287 g/mol. The van der Waals surface area contributed by atoms with Crippen LogP contribution in [-0.4, -0.2) is 36.1 Å². The van der Waals surface area contributed by atoms with Crippen LogP contribution < -0.4 is 0 Å². The van der Waals surface area contributed by atoms with Crippen LogP contribution in [0.25, 0.3) is 0 Å².